The molecule has 0 bridgehead atoms. The Hall–Kier alpha value is -0.490. The predicted molar refractivity (Wildman–Crippen MR) is 30.5 cm³/mol. The Balaban J connectivity index is 4.58. The van der Waals surface area contributed by atoms with E-state index in [0.717, 1.165) is 0 Å². The van der Waals surface area contributed by atoms with Gasteiger partial charge in [-0.05, 0) is 6.92 Å². The Labute approximate surface area is 69.7 Å². The van der Waals surface area contributed by atoms with Crippen molar-refractivity contribution in [1.29, 1.82) is 0 Å². The molecule has 0 unspecified atom stereocenters. The van der Waals surface area contributed by atoms with Gasteiger partial charge in [-0.3, -0.25) is 0 Å². The molecular weight excluding hydrogens is 205 g/mol. The average Bonchev–Trinajstić information content (AvgIpc) is 1.81. The molecule has 0 aliphatic carbocycles. The van der Waals surface area contributed by atoms with Crippen molar-refractivity contribution in [3.63, 3.8) is 0 Å². The van der Waals surface area contributed by atoms with E-state index in [0.29, 0.717) is 0 Å². The summed E-state index contributed by atoms with van der Waals surface area (Å²) in [5, 5.41) is 0. The number of hydrogen-bond acceptors (Lipinski definition) is 0. The number of hydrogen-bond donors (Lipinski definition) is 0. The summed E-state index contributed by atoms with van der Waals surface area (Å²) in [6.45, 7) is 2.46. The van der Waals surface area contributed by atoms with Crippen molar-refractivity contribution in [1.82, 2.24) is 0 Å². The van der Waals surface area contributed by atoms with Crippen LogP contribution in [0.25, 0.3) is 0 Å². The highest BCUT2D eigenvalue weighted by Crippen LogP contribution is 2.43. The molecule has 0 saturated heterocycles. The summed E-state index contributed by atoms with van der Waals surface area (Å²) in [6.07, 6.45) is -9.72. The normalized spacial score (nSPS) is 14.8. The highest BCUT2D eigenvalue weighted by Gasteiger charge is 2.59. The molecule has 0 aromatic heterocycles. The first kappa shape index (κ1) is 12.5. The summed E-state index contributed by atoms with van der Waals surface area (Å²) in [7, 11) is 0. The van der Waals surface area contributed by atoms with Crippen molar-refractivity contribution in [3.05, 3.63) is 6.92 Å². The van der Waals surface area contributed by atoms with Crippen molar-refractivity contribution in [2.45, 2.75) is 30.9 Å². The lowest BCUT2D eigenvalue weighted by molar-refractivity contribution is -0.262. The van der Waals surface area contributed by atoms with E-state index < -0.39 is 30.9 Å². The van der Waals surface area contributed by atoms with Crippen molar-refractivity contribution < 1.29 is 30.7 Å². The van der Waals surface area contributed by atoms with Crippen LogP contribution in [0.1, 0.15) is 12.8 Å². The molecule has 13 heavy (non-hydrogen) atoms. The molecule has 7 heteroatoms. The molecular formula is C6H6F7. The number of halogens is 7. The van der Waals surface area contributed by atoms with Crippen LogP contribution in [-0.4, -0.2) is 18.0 Å². The third-order valence-electron chi connectivity index (χ3n) is 1.27. The van der Waals surface area contributed by atoms with Gasteiger partial charge < -0.3 is 0 Å². The van der Waals surface area contributed by atoms with Crippen molar-refractivity contribution in [2.75, 3.05) is 0 Å². The maximum Gasteiger partial charge on any atom is 0.395 e. The molecule has 0 aromatic carbocycles. The van der Waals surface area contributed by atoms with Gasteiger partial charge in [-0.1, -0.05) is 0 Å². The first-order valence-electron chi connectivity index (χ1n) is 3.13. The van der Waals surface area contributed by atoms with Crippen LogP contribution in [0.5, 0.6) is 0 Å². The second-order valence-corrected chi connectivity index (χ2v) is 2.45. The number of alkyl halides is 7. The topological polar surface area (TPSA) is 0 Å². The van der Waals surface area contributed by atoms with Crippen LogP contribution in [0.3, 0.4) is 0 Å². The zero-order valence-corrected chi connectivity index (χ0v) is 6.27. The minimum Gasteiger partial charge on any atom is -0.200 e. The van der Waals surface area contributed by atoms with E-state index >= 15 is 0 Å². The van der Waals surface area contributed by atoms with Gasteiger partial charge in [-0.2, -0.15) is 30.7 Å². The van der Waals surface area contributed by atoms with Gasteiger partial charge in [-0.15, -0.1) is 0 Å². The molecule has 0 atom stereocenters. The van der Waals surface area contributed by atoms with E-state index in [1.54, 1.807) is 0 Å². The molecule has 1 radical (unpaired) electrons. The van der Waals surface area contributed by atoms with E-state index in [-0.39, 0.29) is 0 Å². The monoisotopic (exact) mass is 211 g/mol. The number of rotatable bonds is 3. The van der Waals surface area contributed by atoms with Gasteiger partial charge in [0.15, 0.2) is 0 Å². The van der Waals surface area contributed by atoms with E-state index in [1.165, 1.54) is 0 Å². The van der Waals surface area contributed by atoms with Crippen LogP contribution >= 0.6 is 0 Å². The minimum absolute atomic E-state index is 1.57. The first-order valence-corrected chi connectivity index (χ1v) is 3.13. The van der Waals surface area contributed by atoms with Gasteiger partial charge in [0.1, 0.15) is 6.42 Å². The first-order chi connectivity index (χ1) is 5.52. The fourth-order valence-electron chi connectivity index (χ4n) is 0.564. The molecule has 0 nitrogen and oxygen atoms in total. The lowest BCUT2D eigenvalue weighted by Gasteiger charge is -2.26. The van der Waals surface area contributed by atoms with Gasteiger partial charge in [-0.25, -0.2) is 0 Å². The van der Waals surface area contributed by atoms with Crippen molar-refractivity contribution in [2.24, 2.45) is 0 Å². The Kier molecular flexibility index (Phi) is 3.21. The summed E-state index contributed by atoms with van der Waals surface area (Å²) in [4.78, 5) is 0. The zero-order chi connectivity index (χ0) is 10.9. The Bertz CT molecular complexity index is 168. The SMILES string of the molecule is [CH2]CC(F)(F)C(F)(F)CC(F)(F)F. The van der Waals surface area contributed by atoms with Crippen molar-refractivity contribution in [3.8, 4) is 0 Å². The summed E-state index contributed by atoms with van der Waals surface area (Å²) in [5.74, 6) is -9.81. The van der Waals surface area contributed by atoms with Gasteiger partial charge in [0.2, 0.25) is 0 Å². The van der Waals surface area contributed by atoms with E-state index in [4.69, 9.17) is 0 Å². The third-order valence-corrected chi connectivity index (χ3v) is 1.27. The lowest BCUT2D eigenvalue weighted by atomic mass is 10.1. The molecule has 0 aromatic rings. The predicted octanol–water partition coefficient (Wildman–Crippen LogP) is 3.43. The molecule has 0 fully saturated rings. The quantitative estimate of drug-likeness (QED) is 0.627. The lowest BCUT2D eigenvalue weighted by Crippen LogP contribution is -2.43. The molecule has 0 spiro atoms. The van der Waals surface area contributed by atoms with Gasteiger partial charge in [0.05, 0.1) is 0 Å². The van der Waals surface area contributed by atoms with Crippen molar-refractivity contribution >= 4 is 0 Å². The molecule has 0 rings (SSSR count). The fourth-order valence-corrected chi connectivity index (χ4v) is 0.564. The van der Waals surface area contributed by atoms with Gasteiger partial charge in [0, 0.05) is 6.42 Å². The van der Waals surface area contributed by atoms with Crippen LogP contribution in [0.2, 0.25) is 0 Å². The highest BCUT2D eigenvalue weighted by molar-refractivity contribution is 4.87. The second-order valence-electron chi connectivity index (χ2n) is 2.45. The van der Waals surface area contributed by atoms with Crippen LogP contribution in [-0.2, 0) is 0 Å². The van der Waals surface area contributed by atoms with Crippen LogP contribution in [0.15, 0.2) is 0 Å². The van der Waals surface area contributed by atoms with Crippen LogP contribution in [0, 0.1) is 6.92 Å². The molecule has 0 saturated carbocycles. The Morgan fingerprint density at radius 3 is 1.38 bits per heavy atom. The molecule has 0 aliphatic heterocycles. The van der Waals surface area contributed by atoms with E-state index in [2.05, 4.69) is 6.92 Å². The summed E-state index contributed by atoms with van der Waals surface area (Å²) >= 11 is 0. The molecule has 0 N–H and O–H groups in total. The van der Waals surface area contributed by atoms with E-state index in [1.807, 2.05) is 0 Å². The summed E-state index contributed by atoms with van der Waals surface area (Å²) in [5.41, 5.74) is 0. The highest BCUT2D eigenvalue weighted by atomic mass is 19.4. The van der Waals surface area contributed by atoms with Crippen LogP contribution in [0.4, 0.5) is 30.7 Å². The standard InChI is InChI=1S/C6H6F7/c1-2-4(7,8)5(9,10)3-6(11,12)13/h1-3H2. The largest absolute Gasteiger partial charge is 0.395 e. The molecule has 0 amide bonds. The smallest absolute Gasteiger partial charge is 0.200 e. The van der Waals surface area contributed by atoms with Gasteiger partial charge in [0.25, 0.3) is 0 Å². The molecule has 79 valence electrons. The second kappa shape index (κ2) is 3.34. The zero-order valence-electron chi connectivity index (χ0n) is 6.27. The Morgan fingerprint density at radius 2 is 1.15 bits per heavy atom. The molecule has 0 aliphatic rings. The summed E-state index contributed by atoms with van der Waals surface area (Å²) < 4.78 is 82.8. The third kappa shape index (κ3) is 3.40. The van der Waals surface area contributed by atoms with Gasteiger partial charge >= 0.3 is 18.0 Å². The maximum absolute atomic E-state index is 12.2. The average molecular weight is 211 g/mol. The Morgan fingerprint density at radius 1 is 0.769 bits per heavy atom. The van der Waals surface area contributed by atoms with E-state index in [9.17, 15) is 30.7 Å². The fraction of sp³-hybridized carbons (Fsp3) is 0.833. The maximum atomic E-state index is 12.2. The summed E-state index contributed by atoms with van der Waals surface area (Å²) in [6, 6.07) is 0. The molecule has 0 heterocycles. The minimum atomic E-state index is -5.32. The van der Waals surface area contributed by atoms with Crippen LogP contribution < -0.4 is 0 Å².